The van der Waals surface area contributed by atoms with Gasteiger partial charge in [0.15, 0.2) is 0 Å². The molecule has 0 fully saturated rings. The molecule has 3 aromatic rings. The summed E-state index contributed by atoms with van der Waals surface area (Å²) in [6, 6.07) is 13.3. The van der Waals surface area contributed by atoms with Gasteiger partial charge in [-0.25, -0.2) is 0 Å². The predicted molar refractivity (Wildman–Crippen MR) is 85.9 cm³/mol. The van der Waals surface area contributed by atoms with Crippen LogP contribution in [-0.2, 0) is 0 Å². The van der Waals surface area contributed by atoms with Gasteiger partial charge in [-0.2, -0.15) is 0 Å². The number of carbonyl (C=O) groups is 1. The first-order valence-corrected chi connectivity index (χ1v) is 7.54. The van der Waals surface area contributed by atoms with Gasteiger partial charge in [-0.15, -0.1) is 5.10 Å². The zero-order chi connectivity index (χ0) is 14.8. The summed E-state index contributed by atoms with van der Waals surface area (Å²) in [5.41, 5.74) is 3.38. The molecule has 0 saturated heterocycles. The van der Waals surface area contributed by atoms with E-state index in [-0.39, 0.29) is 5.91 Å². The Bertz CT molecular complexity index is 778. The van der Waals surface area contributed by atoms with Crippen LogP contribution in [0.2, 0.25) is 0 Å². The minimum absolute atomic E-state index is 0.137. The number of hydrogen-bond donors (Lipinski definition) is 1. The van der Waals surface area contributed by atoms with E-state index in [4.69, 9.17) is 0 Å². The zero-order valence-electron chi connectivity index (χ0n) is 11.8. The molecule has 0 aliphatic carbocycles. The Hall–Kier alpha value is -2.27. The van der Waals surface area contributed by atoms with Gasteiger partial charge >= 0.3 is 0 Å². The Labute approximate surface area is 127 Å². The molecule has 3 rings (SSSR count). The summed E-state index contributed by atoms with van der Waals surface area (Å²) in [5, 5.41) is 6.89. The zero-order valence-corrected chi connectivity index (χ0v) is 12.6. The van der Waals surface area contributed by atoms with E-state index in [1.165, 1.54) is 17.1 Å². The van der Waals surface area contributed by atoms with E-state index in [0.29, 0.717) is 11.5 Å². The van der Waals surface area contributed by atoms with Gasteiger partial charge in [-0.05, 0) is 53.3 Å². The molecule has 0 spiro atoms. The Balaban J connectivity index is 1.78. The lowest BCUT2D eigenvalue weighted by Gasteiger charge is -2.08. The number of benzene rings is 2. The minimum Gasteiger partial charge on any atom is -0.322 e. The van der Waals surface area contributed by atoms with Crippen molar-refractivity contribution in [3.05, 3.63) is 53.6 Å². The second kappa shape index (κ2) is 5.61. The third-order valence-corrected chi connectivity index (χ3v) is 4.05. The summed E-state index contributed by atoms with van der Waals surface area (Å²) in [4.78, 5) is 12.2. The maximum Gasteiger partial charge on any atom is 0.255 e. The molecule has 0 bridgehead atoms. The van der Waals surface area contributed by atoms with E-state index < -0.39 is 0 Å². The SMILES string of the molecule is CC(C)c1ccc(NC(=O)c2ccc3snnc3c2)cc1. The van der Waals surface area contributed by atoms with Crippen LogP contribution >= 0.6 is 11.5 Å². The topological polar surface area (TPSA) is 54.9 Å². The molecule has 0 radical (unpaired) electrons. The Morgan fingerprint density at radius 2 is 1.90 bits per heavy atom. The van der Waals surface area contributed by atoms with E-state index in [1.54, 1.807) is 12.1 Å². The molecule has 0 aliphatic heterocycles. The maximum absolute atomic E-state index is 12.2. The monoisotopic (exact) mass is 297 g/mol. The molecule has 0 unspecified atom stereocenters. The molecule has 1 aromatic heterocycles. The van der Waals surface area contributed by atoms with Gasteiger partial charge in [0.25, 0.3) is 5.91 Å². The van der Waals surface area contributed by atoms with E-state index in [2.05, 4.69) is 28.8 Å². The molecule has 2 aromatic carbocycles. The molecule has 0 atom stereocenters. The van der Waals surface area contributed by atoms with Gasteiger partial charge < -0.3 is 5.32 Å². The Morgan fingerprint density at radius 1 is 1.14 bits per heavy atom. The summed E-state index contributed by atoms with van der Waals surface area (Å²) in [6.07, 6.45) is 0. The van der Waals surface area contributed by atoms with Crippen molar-refractivity contribution in [1.82, 2.24) is 9.59 Å². The van der Waals surface area contributed by atoms with Crippen molar-refractivity contribution >= 4 is 33.3 Å². The first-order valence-electron chi connectivity index (χ1n) is 6.77. The molecule has 21 heavy (non-hydrogen) atoms. The van der Waals surface area contributed by atoms with Crippen LogP contribution in [0.15, 0.2) is 42.5 Å². The average Bonchev–Trinajstić information content (AvgIpc) is 2.95. The van der Waals surface area contributed by atoms with Crippen LogP contribution in [0, 0.1) is 0 Å². The fourth-order valence-electron chi connectivity index (χ4n) is 2.08. The smallest absolute Gasteiger partial charge is 0.255 e. The van der Waals surface area contributed by atoms with Crippen LogP contribution in [0.5, 0.6) is 0 Å². The molecule has 0 saturated carbocycles. The van der Waals surface area contributed by atoms with Gasteiger partial charge in [0.1, 0.15) is 5.52 Å². The van der Waals surface area contributed by atoms with Crippen molar-refractivity contribution < 1.29 is 4.79 Å². The Kier molecular flexibility index (Phi) is 3.66. The largest absolute Gasteiger partial charge is 0.322 e. The van der Waals surface area contributed by atoms with Crippen LogP contribution in [0.3, 0.4) is 0 Å². The first-order chi connectivity index (χ1) is 10.1. The number of fused-ring (bicyclic) bond motifs is 1. The molecule has 4 nitrogen and oxygen atoms in total. The molecule has 1 amide bonds. The maximum atomic E-state index is 12.2. The fourth-order valence-corrected chi connectivity index (χ4v) is 2.62. The van der Waals surface area contributed by atoms with E-state index in [0.717, 1.165) is 15.9 Å². The fraction of sp³-hybridized carbons (Fsp3) is 0.188. The second-order valence-electron chi connectivity index (χ2n) is 5.19. The number of amides is 1. The number of anilines is 1. The van der Waals surface area contributed by atoms with E-state index in [9.17, 15) is 4.79 Å². The lowest BCUT2D eigenvalue weighted by Crippen LogP contribution is -2.11. The van der Waals surface area contributed by atoms with Crippen LogP contribution in [0.1, 0.15) is 35.7 Å². The number of aromatic nitrogens is 2. The average molecular weight is 297 g/mol. The summed E-state index contributed by atoms with van der Waals surface area (Å²) in [6.45, 7) is 4.29. The molecule has 1 N–H and O–H groups in total. The predicted octanol–water partition coefficient (Wildman–Crippen LogP) is 4.07. The highest BCUT2D eigenvalue weighted by Gasteiger charge is 2.09. The molecule has 1 heterocycles. The summed E-state index contributed by atoms with van der Waals surface area (Å²) >= 11 is 1.32. The normalized spacial score (nSPS) is 11.0. The second-order valence-corrected chi connectivity index (χ2v) is 5.97. The lowest BCUT2D eigenvalue weighted by atomic mass is 10.0. The van der Waals surface area contributed by atoms with Crippen LogP contribution in [-0.4, -0.2) is 15.5 Å². The molecule has 106 valence electrons. The minimum atomic E-state index is -0.137. The van der Waals surface area contributed by atoms with Crippen molar-refractivity contribution in [2.75, 3.05) is 5.32 Å². The summed E-state index contributed by atoms with van der Waals surface area (Å²) in [7, 11) is 0. The van der Waals surface area contributed by atoms with Crippen molar-refractivity contribution in [1.29, 1.82) is 0 Å². The lowest BCUT2D eigenvalue weighted by molar-refractivity contribution is 0.102. The number of hydrogen-bond acceptors (Lipinski definition) is 4. The van der Waals surface area contributed by atoms with Gasteiger partial charge in [-0.3, -0.25) is 4.79 Å². The highest BCUT2D eigenvalue weighted by Crippen LogP contribution is 2.19. The third kappa shape index (κ3) is 2.92. The van der Waals surface area contributed by atoms with Crippen molar-refractivity contribution in [3.63, 3.8) is 0 Å². The van der Waals surface area contributed by atoms with Crippen molar-refractivity contribution in [2.45, 2.75) is 19.8 Å². The van der Waals surface area contributed by atoms with Crippen molar-refractivity contribution in [2.24, 2.45) is 0 Å². The highest BCUT2D eigenvalue weighted by molar-refractivity contribution is 7.12. The van der Waals surface area contributed by atoms with Gasteiger partial charge in [0.05, 0.1) is 4.70 Å². The summed E-state index contributed by atoms with van der Waals surface area (Å²) < 4.78 is 4.85. The van der Waals surface area contributed by atoms with Crippen LogP contribution in [0.25, 0.3) is 10.2 Å². The molecule has 0 aliphatic rings. The number of rotatable bonds is 3. The van der Waals surface area contributed by atoms with Crippen LogP contribution in [0.4, 0.5) is 5.69 Å². The highest BCUT2D eigenvalue weighted by atomic mass is 32.1. The van der Waals surface area contributed by atoms with E-state index in [1.807, 2.05) is 30.3 Å². The quantitative estimate of drug-likeness (QED) is 0.793. The number of carbonyl (C=O) groups excluding carboxylic acids is 1. The van der Waals surface area contributed by atoms with Gasteiger partial charge in [0, 0.05) is 11.3 Å². The standard InChI is InChI=1S/C16H15N3OS/c1-10(2)11-3-6-13(7-4-11)17-16(20)12-5-8-15-14(9-12)18-19-21-15/h3-10H,1-2H3,(H,17,20). The van der Waals surface area contributed by atoms with E-state index >= 15 is 0 Å². The van der Waals surface area contributed by atoms with Gasteiger partial charge in [0.2, 0.25) is 0 Å². The van der Waals surface area contributed by atoms with Gasteiger partial charge in [-0.1, -0.05) is 30.5 Å². The first kappa shape index (κ1) is 13.7. The Morgan fingerprint density at radius 3 is 2.62 bits per heavy atom. The number of nitrogens with one attached hydrogen (secondary N) is 1. The van der Waals surface area contributed by atoms with Crippen LogP contribution < -0.4 is 5.32 Å². The molecule has 5 heteroatoms. The summed E-state index contributed by atoms with van der Waals surface area (Å²) in [5.74, 6) is 0.344. The third-order valence-electron chi connectivity index (χ3n) is 3.34. The van der Waals surface area contributed by atoms with Crippen molar-refractivity contribution in [3.8, 4) is 0 Å². The molecular weight excluding hydrogens is 282 g/mol. The number of nitrogens with zero attached hydrogens (tertiary/aromatic N) is 2. The molecular formula is C16H15N3OS.